The van der Waals surface area contributed by atoms with Crippen molar-refractivity contribution in [3.8, 4) is 23.0 Å². The second-order valence-corrected chi connectivity index (χ2v) is 18.4. The van der Waals surface area contributed by atoms with Crippen LogP contribution in [0.25, 0.3) is 0 Å². The third kappa shape index (κ3) is 9.31. The molecule has 3 saturated heterocycles. The fourth-order valence-electron chi connectivity index (χ4n) is 10.3. The second kappa shape index (κ2) is 17.5. The quantitative estimate of drug-likeness (QED) is 0.0741. The lowest BCUT2D eigenvalue weighted by Crippen LogP contribution is -2.43. The van der Waals surface area contributed by atoms with Crippen molar-refractivity contribution in [1.29, 1.82) is 0 Å². The van der Waals surface area contributed by atoms with E-state index in [0.29, 0.717) is 44.7 Å². The van der Waals surface area contributed by atoms with Crippen LogP contribution >= 0.6 is 0 Å². The van der Waals surface area contributed by atoms with Gasteiger partial charge in [-0.3, -0.25) is 0 Å². The molecule has 5 aliphatic rings. The summed E-state index contributed by atoms with van der Waals surface area (Å²) < 4.78 is 40.2. The van der Waals surface area contributed by atoms with E-state index in [-0.39, 0.29) is 41.2 Å². The van der Waals surface area contributed by atoms with E-state index in [4.69, 9.17) is 33.2 Å². The van der Waals surface area contributed by atoms with Gasteiger partial charge in [-0.2, -0.15) is 0 Å². The van der Waals surface area contributed by atoms with E-state index in [2.05, 4.69) is 111 Å². The maximum atomic E-state index is 9.25. The number of hydrogen-bond acceptors (Lipinski definition) is 8. The van der Waals surface area contributed by atoms with Crippen molar-refractivity contribution >= 4 is 0 Å². The lowest BCUT2D eigenvalue weighted by atomic mass is 9.53. The van der Waals surface area contributed by atoms with Crippen molar-refractivity contribution in [2.75, 3.05) is 52.9 Å². The molecule has 0 spiro atoms. The van der Waals surface area contributed by atoms with E-state index in [1.165, 1.54) is 47.9 Å². The molecule has 0 bridgehead atoms. The molecule has 5 fully saturated rings. The third-order valence-corrected chi connectivity index (χ3v) is 14.5. The number of ether oxygens (including phenoxy) is 7. The molecular weight excluding hydrogens is 741 g/mol. The monoisotopic (exact) mass is 802 g/mol. The number of hydrogen-bond donors (Lipinski definition) is 1. The smallest absolute Gasteiger partial charge is 0.119 e. The summed E-state index contributed by atoms with van der Waals surface area (Å²) in [5.74, 6) is 4.84. The summed E-state index contributed by atoms with van der Waals surface area (Å²) in [5.41, 5.74) is 5.49. The molecule has 0 amide bonds. The minimum absolute atomic E-state index is 0.0693. The summed E-state index contributed by atoms with van der Waals surface area (Å²) in [7, 11) is 0. The van der Waals surface area contributed by atoms with Crippen LogP contribution < -0.4 is 18.9 Å². The van der Waals surface area contributed by atoms with Gasteiger partial charge in [0.25, 0.3) is 0 Å². The molecule has 4 aromatic carbocycles. The summed E-state index contributed by atoms with van der Waals surface area (Å²) in [6, 6.07) is 35.5. The summed E-state index contributed by atoms with van der Waals surface area (Å²) in [5, 5.41) is 9.25. The SMILES string of the molecule is CC(C)(C1CCC(c2ccc(OCCCO)cc2)(c2ccc(OCC3CO3)cc2)CC1)C1CCC(c2ccc(OCC3CO3)cc2)(c2ccc(OCC3CO3)cc2)CC1. The van der Waals surface area contributed by atoms with Crippen molar-refractivity contribution in [2.45, 2.75) is 101 Å². The molecule has 4 aromatic rings. The van der Waals surface area contributed by atoms with Crippen molar-refractivity contribution < 1.29 is 38.3 Å². The van der Waals surface area contributed by atoms with Crippen LogP contribution in [0.2, 0.25) is 0 Å². The van der Waals surface area contributed by atoms with Crippen LogP contribution in [0.1, 0.15) is 93.9 Å². The van der Waals surface area contributed by atoms with Crippen LogP contribution in [0.4, 0.5) is 0 Å². The Labute approximate surface area is 350 Å². The Morgan fingerprint density at radius 1 is 0.492 bits per heavy atom. The normalized spacial score (nSPS) is 28.7. The average Bonchev–Trinajstić information content (AvgIpc) is 4.13. The molecule has 8 nitrogen and oxygen atoms in total. The summed E-state index contributed by atoms with van der Waals surface area (Å²) in [6.07, 6.45) is 10.5. The van der Waals surface area contributed by atoms with Gasteiger partial charge in [0.05, 0.1) is 26.4 Å². The standard InChI is InChI=1S/C51H62O8/c1-49(2,36-20-24-50(25-21-36,38-4-12-42(13-5-38)53-29-3-28-52)39-6-14-43(15-7-39)54-30-46-33-57-46)37-22-26-51(27-23-37,40-8-16-44(17-9-40)55-31-47-34-58-47)41-10-18-45(19-11-41)56-32-48-35-59-48/h4-19,36-37,46-48,52H,3,20-35H2,1-2H3. The molecule has 3 unspecified atom stereocenters. The predicted octanol–water partition coefficient (Wildman–Crippen LogP) is 9.46. The summed E-state index contributed by atoms with van der Waals surface area (Å²) >= 11 is 0. The van der Waals surface area contributed by atoms with Crippen LogP contribution in [0.15, 0.2) is 97.1 Å². The molecular formula is C51H62O8. The highest BCUT2D eigenvalue weighted by molar-refractivity contribution is 5.46. The Morgan fingerprint density at radius 2 is 0.780 bits per heavy atom. The number of benzene rings is 4. The van der Waals surface area contributed by atoms with E-state index in [1.807, 2.05) is 0 Å². The first-order chi connectivity index (χ1) is 28.8. The molecule has 8 heteroatoms. The van der Waals surface area contributed by atoms with Gasteiger partial charge >= 0.3 is 0 Å². The third-order valence-electron chi connectivity index (χ3n) is 14.5. The van der Waals surface area contributed by atoms with Gasteiger partial charge in [0.1, 0.15) is 61.1 Å². The molecule has 3 aliphatic heterocycles. The van der Waals surface area contributed by atoms with Crippen LogP contribution in [0.3, 0.4) is 0 Å². The van der Waals surface area contributed by atoms with E-state index in [1.54, 1.807) is 0 Å². The van der Waals surface area contributed by atoms with Gasteiger partial charge in [-0.1, -0.05) is 62.4 Å². The largest absolute Gasteiger partial charge is 0.494 e. The maximum absolute atomic E-state index is 9.25. The summed E-state index contributed by atoms with van der Waals surface area (Å²) in [4.78, 5) is 0. The van der Waals surface area contributed by atoms with Gasteiger partial charge in [-0.15, -0.1) is 0 Å². The molecule has 1 N–H and O–H groups in total. The topological polar surface area (TPSA) is 94.7 Å². The van der Waals surface area contributed by atoms with Crippen molar-refractivity contribution in [2.24, 2.45) is 17.3 Å². The first kappa shape index (κ1) is 40.3. The van der Waals surface area contributed by atoms with E-state index < -0.39 is 0 Å². The number of rotatable bonds is 19. The van der Waals surface area contributed by atoms with E-state index in [9.17, 15) is 5.11 Å². The maximum Gasteiger partial charge on any atom is 0.119 e. The van der Waals surface area contributed by atoms with Crippen LogP contribution in [-0.2, 0) is 25.0 Å². The Kier molecular flexibility index (Phi) is 12.0. The van der Waals surface area contributed by atoms with Crippen molar-refractivity contribution in [3.63, 3.8) is 0 Å². The molecule has 314 valence electrons. The van der Waals surface area contributed by atoms with Crippen LogP contribution in [0, 0.1) is 17.3 Å². The summed E-state index contributed by atoms with van der Waals surface area (Å²) in [6.45, 7) is 10.0. The highest BCUT2D eigenvalue weighted by Gasteiger charge is 2.48. The number of epoxide rings is 3. The Morgan fingerprint density at radius 3 is 1.05 bits per heavy atom. The molecule has 2 saturated carbocycles. The van der Waals surface area contributed by atoms with Gasteiger partial charge in [-0.05, 0) is 139 Å². The van der Waals surface area contributed by atoms with Crippen molar-refractivity contribution in [1.82, 2.24) is 0 Å². The molecule has 2 aliphatic carbocycles. The average molecular weight is 803 g/mol. The Hall–Kier alpha value is -4.08. The molecule has 9 rings (SSSR count). The van der Waals surface area contributed by atoms with Gasteiger partial charge < -0.3 is 38.3 Å². The lowest BCUT2D eigenvalue weighted by molar-refractivity contribution is 0.0364. The second-order valence-electron chi connectivity index (χ2n) is 18.4. The zero-order valence-electron chi connectivity index (χ0n) is 35.0. The molecule has 3 atom stereocenters. The fraction of sp³-hybridized carbons (Fsp3) is 0.529. The first-order valence-electron chi connectivity index (χ1n) is 22.2. The number of aliphatic hydroxyl groups excluding tert-OH is 1. The molecule has 3 heterocycles. The van der Waals surface area contributed by atoms with E-state index in [0.717, 1.165) is 68.5 Å². The van der Waals surface area contributed by atoms with Gasteiger partial charge in [0.2, 0.25) is 0 Å². The van der Waals surface area contributed by atoms with Gasteiger partial charge in [0, 0.05) is 23.9 Å². The lowest BCUT2D eigenvalue weighted by Gasteiger charge is -2.51. The minimum atomic E-state index is -0.0841. The number of aliphatic hydroxyl groups is 1. The first-order valence-corrected chi connectivity index (χ1v) is 22.2. The van der Waals surface area contributed by atoms with Gasteiger partial charge in [-0.25, -0.2) is 0 Å². The highest BCUT2D eigenvalue weighted by atomic mass is 16.6. The fourth-order valence-corrected chi connectivity index (χ4v) is 10.3. The predicted molar refractivity (Wildman–Crippen MR) is 228 cm³/mol. The van der Waals surface area contributed by atoms with E-state index >= 15 is 0 Å². The zero-order valence-corrected chi connectivity index (χ0v) is 35.0. The zero-order chi connectivity index (χ0) is 40.3. The Bertz CT molecular complexity index is 1870. The molecule has 0 radical (unpaired) electrons. The van der Waals surface area contributed by atoms with Crippen LogP contribution in [0.5, 0.6) is 23.0 Å². The molecule has 0 aromatic heterocycles. The highest BCUT2D eigenvalue weighted by Crippen LogP contribution is 2.57. The van der Waals surface area contributed by atoms with Crippen LogP contribution in [-0.4, -0.2) is 76.3 Å². The minimum Gasteiger partial charge on any atom is -0.494 e. The Balaban J connectivity index is 0.910. The molecule has 59 heavy (non-hydrogen) atoms. The van der Waals surface area contributed by atoms with Gasteiger partial charge in [0.15, 0.2) is 0 Å². The van der Waals surface area contributed by atoms with Crippen molar-refractivity contribution in [3.05, 3.63) is 119 Å².